The molecule has 0 aliphatic rings. The maximum atomic E-state index is 13.6. The molecule has 2 aromatic carbocycles. The Morgan fingerprint density at radius 3 is 2.43 bits per heavy atom. The van der Waals surface area contributed by atoms with Crippen molar-refractivity contribution >= 4 is 45.8 Å². The van der Waals surface area contributed by atoms with Crippen LogP contribution in [0.1, 0.15) is 18.1 Å². The number of fused-ring (bicyclic) bond motifs is 1. The highest BCUT2D eigenvalue weighted by Gasteiger charge is 2.20. The Bertz CT molecular complexity index is 807. The largest absolute Gasteiger partial charge is 0.292 e. The molecule has 2 nitrogen and oxygen atoms in total. The van der Waals surface area contributed by atoms with Gasteiger partial charge >= 0.3 is 0 Å². The van der Waals surface area contributed by atoms with Crippen molar-refractivity contribution in [3.63, 3.8) is 0 Å². The van der Waals surface area contributed by atoms with Gasteiger partial charge in [0.25, 0.3) is 0 Å². The third kappa shape index (κ3) is 2.50. The van der Waals surface area contributed by atoms with Crippen LogP contribution in [0.2, 0.25) is 10.0 Å². The first kappa shape index (κ1) is 14.6. The number of hydrogen-bond donors (Lipinski definition) is 0. The Kier molecular flexibility index (Phi) is 3.82. The summed E-state index contributed by atoms with van der Waals surface area (Å²) in [7, 11) is 0. The first-order chi connectivity index (χ1) is 9.99. The summed E-state index contributed by atoms with van der Waals surface area (Å²) < 4.78 is 15.3. The van der Waals surface area contributed by atoms with Crippen LogP contribution in [0.5, 0.6) is 0 Å². The van der Waals surface area contributed by atoms with Gasteiger partial charge in [-0.15, -0.1) is 11.6 Å². The fraction of sp³-hybridized carbons (Fsp3) is 0.133. The highest BCUT2D eigenvalue weighted by Crippen LogP contribution is 2.35. The van der Waals surface area contributed by atoms with E-state index >= 15 is 0 Å². The van der Waals surface area contributed by atoms with Crippen molar-refractivity contribution in [2.45, 2.75) is 12.3 Å². The molecule has 1 aromatic heterocycles. The van der Waals surface area contributed by atoms with Gasteiger partial charge in [-0.3, -0.25) is 4.57 Å². The van der Waals surface area contributed by atoms with E-state index in [4.69, 9.17) is 34.8 Å². The van der Waals surface area contributed by atoms with E-state index in [0.29, 0.717) is 32.6 Å². The predicted molar refractivity (Wildman–Crippen MR) is 85.3 cm³/mol. The second-order valence-electron chi connectivity index (χ2n) is 4.62. The molecule has 0 spiro atoms. The number of nitrogens with zero attached hydrogens (tertiary/aromatic N) is 2. The van der Waals surface area contributed by atoms with Crippen LogP contribution in [-0.2, 0) is 0 Å². The molecule has 0 saturated heterocycles. The molecule has 3 aromatic rings. The number of rotatable bonds is 2. The quantitative estimate of drug-likeness (QED) is 0.540. The molecule has 0 aliphatic carbocycles. The van der Waals surface area contributed by atoms with Crippen molar-refractivity contribution in [1.29, 1.82) is 0 Å². The minimum absolute atomic E-state index is 0.361. The zero-order valence-corrected chi connectivity index (χ0v) is 13.2. The average Bonchev–Trinajstić information content (AvgIpc) is 2.78. The molecule has 108 valence electrons. The monoisotopic (exact) mass is 342 g/mol. The third-order valence-electron chi connectivity index (χ3n) is 3.16. The third-order valence-corrected chi connectivity index (χ3v) is 3.96. The highest BCUT2D eigenvalue weighted by atomic mass is 35.5. The molecule has 0 aliphatic heterocycles. The first-order valence-electron chi connectivity index (χ1n) is 6.25. The minimum Gasteiger partial charge on any atom is -0.292 e. The number of aromatic nitrogens is 2. The maximum Gasteiger partial charge on any atom is 0.132 e. The van der Waals surface area contributed by atoms with E-state index in [2.05, 4.69) is 4.98 Å². The Labute approximate surface area is 136 Å². The molecule has 3 rings (SSSR count). The van der Waals surface area contributed by atoms with Gasteiger partial charge in [0, 0.05) is 6.07 Å². The summed E-state index contributed by atoms with van der Waals surface area (Å²) in [5.41, 5.74) is 1.76. The number of para-hydroxylation sites is 1. The van der Waals surface area contributed by atoms with E-state index in [0.717, 1.165) is 0 Å². The summed E-state index contributed by atoms with van der Waals surface area (Å²) in [5.74, 6) is 0.202. The van der Waals surface area contributed by atoms with E-state index in [1.807, 2.05) is 0 Å². The fourth-order valence-electron chi connectivity index (χ4n) is 2.27. The van der Waals surface area contributed by atoms with Gasteiger partial charge in [0.2, 0.25) is 0 Å². The predicted octanol–water partition coefficient (Wildman–Crippen LogP) is 5.77. The Balaban J connectivity index is 2.44. The van der Waals surface area contributed by atoms with Gasteiger partial charge in [0.05, 0.1) is 32.1 Å². The van der Waals surface area contributed by atoms with Crippen LogP contribution in [0.4, 0.5) is 4.39 Å². The van der Waals surface area contributed by atoms with Gasteiger partial charge in [-0.2, -0.15) is 0 Å². The molecule has 0 radical (unpaired) electrons. The van der Waals surface area contributed by atoms with Gasteiger partial charge < -0.3 is 0 Å². The molecule has 0 N–H and O–H groups in total. The van der Waals surface area contributed by atoms with Crippen LogP contribution >= 0.6 is 34.8 Å². The zero-order chi connectivity index (χ0) is 15.1. The first-order valence-corrected chi connectivity index (χ1v) is 7.44. The van der Waals surface area contributed by atoms with Crippen molar-refractivity contribution < 1.29 is 4.39 Å². The molecular weight excluding hydrogens is 334 g/mol. The van der Waals surface area contributed by atoms with Crippen molar-refractivity contribution in [2.75, 3.05) is 0 Å². The van der Waals surface area contributed by atoms with Crippen LogP contribution in [0.3, 0.4) is 0 Å². The number of imidazole rings is 1. The Morgan fingerprint density at radius 2 is 1.81 bits per heavy atom. The van der Waals surface area contributed by atoms with Crippen LogP contribution in [0, 0.1) is 5.82 Å². The normalized spacial score (nSPS) is 12.8. The van der Waals surface area contributed by atoms with Gasteiger partial charge in [0.15, 0.2) is 0 Å². The van der Waals surface area contributed by atoms with E-state index in [-0.39, 0.29) is 11.2 Å². The van der Waals surface area contributed by atoms with E-state index in [1.165, 1.54) is 12.1 Å². The molecule has 21 heavy (non-hydrogen) atoms. The van der Waals surface area contributed by atoms with Crippen molar-refractivity contribution in [3.8, 4) is 5.69 Å². The standard InChI is InChI=1S/C15H10Cl3FN2/c1-8(16)15-20-12-6-5-9(19)7-13(12)21(15)14-10(17)3-2-4-11(14)18/h2-8H,1H3. The van der Waals surface area contributed by atoms with Crippen molar-refractivity contribution in [3.05, 3.63) is 58.1 Å². The lowest BCUT2D eigenvalue weighted by molar-refractivity contribution is 0.629. The molecule has 0 fully saturated rings. The average molecular weight is 344 g/mol. The van der Waals surface area contributed by atoms with E-state index < -0.39 is 0 Å². The second-order valence-corrected chi connectivity index (χ2v) is 6.09. The summed E-state index contributed by atoms with van der Waals surface area (Å²) in [6, 6.07) is 9.54. The summed E-state index contributed by atoms with van der Waals surface area (Å²) >= 11 is 18.7. The molecular formula is C15H10Cl3FN2. The number of benzene rings is 2. The fourth-order valence-corrected chi connectivity index (χ4v) is 2.98. The van der Waals surface area contributed by atoms with Gasteiger partial charge in [0.1, 0.15) is 11.6 Å². The maximum absolute atomic E-state index is 13.6. The summed E-state index contributed by atoms with van der Waals surface area (Å²) in [6.45, 7) is 1.79. The molecule has 1 unspecified atom stereocenters. The lowest BCUT2D eigenvalue weighted by Gasteiger charge is -2.13. The molecule has 0 saturated carbocycles. The Hall–Kier alpha value is -1.29. The Morgan fingerprint density at radius 1 is 1.14 bits per heavy atom. The smallest absolute Gasteiger partial charge is 0.132 e. The van der Waals surface area contributed by atoms with Crippen LogP contribution in [-0.4, -0.2) is 9.55 Å². The molecule has 1 heterocycles. The molecule has 0 amide bonds. The summed E-state index contributed by atoms with van der Waals surface area (Å²) in [5, 5.41) is 0.516. The van der Waals surface area contributed by atoms with Crippen LogP contribution in [0.15, 0.2) is 36.4 Å². The lowest BCUT2D eigenvalue weighted by Crippen LogP contribution is -2.03. The number of alkyl halides is 1. The number of hydrogen-bond acceptors (Lipinski definition) is 1. The van der Waals surface area contributed by atoms with E-state index in [1.54, 1.807) is 35.8 Å². The van der Waals surface area contributed by atoms with Gasteiger partial charge in [-0.05, 0) is 31.2 Å². The minimum atomic E-state index is -0.382. The second kappa shape index (κ2) is 5.48. The van der Waals surface area contributed by atoms with Gasteiger partial charge in [-0.1, -0.05) is 29.3 Å². The molecule has 0 bridgehead atoms. The zero-order valence-electron chi connectivity index (χ0n) is 10.9. The highest BCUT2D eigenvalue weighted by molar-refractivity contribution is 6.38. The topological polar surface area (TPSA) is 17.8 Å². The van der Waals surface area contributed by atoms with Crippen LogP contribution in [0.25, 0.3) is 16.7 Å². The SMILES string of the molecule is CC(Cl)c1nc2ccc(F)cc2n1-c1c(Cl)cccc1Cl. The van der Waals surface area contributed by atoms with Gasteiger partial charge in [-0.25, -0.2) is 9.37 Å². The lowest BCUT2D eigenvalue weighted by atomic mass is 10.2. The van der Waals surface area contributed by atoms with Crippen molar-refractivity contribution in [1.82, 2.24) is 9.55 Å². The molecule has 6 heteroatoms. The molecule has 1 atom stereocenters. The van der Waals surface area contributed by atoms with Crippen molar-refractivity contribution in [2.24, 2.45) is 0 Å². The number of halogens is 4. The summed E-state index contributed by atoms with van der Waals surface area (Å²) in [6.07, 6.45) is 0. The van der Waals surface area contributed by atoms with E-state index in [9.17, 15) is 4.39 Å². The van der Waals surface area contributed by atoms with Crippen LogP contribution < -0.4 is 0 Å². The summed E-state index contributed by atoms with van der Waals surface area (Å²) in [4.78, 5) is 4.46.